The number of ether oxygens (including phenoxy) is 1. The van der Waals surface area contributed by atoms with Crippen LogP contribution in [0.3, 0.4) is 0 Å². The van der Waals surface area contributed by atoms with Crippen LogP contribution in [-0.4, -0.2) is 22.6 Å². The molecule has 0 spiro atoms. The van der Waals surface area contributed by atoms with Crippen molar-refractivity contribution >= 4 is 23.5 Å². The van der Waals surface area contributed by atoms with Gasteiger partial charge in [-0.1, -0.05) is 18.5 Å². The van der Waals surface area contributed by atoms with Crippen LogP contribution in [0.15, 0.2) is 0 Å². The number of aliphatic carboxylic acids is 1. The molecule has 0 aromatic carbocycles. The van der Waals surface area contributed by atoms with Gasteiger partial charge in [-0.15, -0.1) is 0 Å². The normalized spacial score (nSPS) is 14.7. The third-order valence-electron chi connectivity index (χ3n) is 1.33. The van der Waals surface area contributed by atoms with Crippen LogP contribution in [0.5, 0.6) is 0 Å². The van der Waals surface area contributed by atoms with Crippen molar-refractivity contribution < 1.29 is 19.4 Å². The monoisotopic (exact) mass is 208 g/mol. The summed E-state index contributed by atoms with van der Waals surface area (Å²) in [6.45, 7) is 3.20. The summed E-state index contributed by atoms with van der Waals surface area (Å²) in [7, 11) is 0. The lowest BCUT2D eigenvalue weighted by Crippen LogP contribution is -2.14. The Morgan fingerprint density at radius 1 is 1.38 bits per heavy atom. The molecule has 0 amide bonds. The van der Waals surface area contributed by atoms with Gasteiger partial charge >= 0.3 is 11.9 Å². The van der Waals surface area contributed by atoms with Crippen molar-refractivity contribution in [2.75, 3.05) is 0 Å². The summed E-state index contributed by atoms with van der Waals surface area (Å²) in [6.07, 6.45) is 0.0507. The number of hydrogen-bond donors (Lipinski definition) is 1. The molecular formula is C8H13ClO4. The zero-order valence-electron chi connectivity index (χ0n) is 7.62. The van der Waals surface area contributed by atoms with E-state index >= 15 is 0 Å². The molecule has 4 nitrogen and oxygen atoms in total. The van der Waals surface area contributed by atoms with Crippen molar-refractivity contribution in [1.82, 2.24) is 0 Å². The van der Waals surface area contributed by atoms with Gasteiger partial charge in [-0.25, -0.2) is 0 Å². The lowest BCUT2D eigenvalue weighted by Gasteiger charge is -2.09. The van der Waals surface area contributed by atoms with Gasteiger partial charge < -0.3 is 9.84 Å². The Kier molecular flexibility index (Phi) is 5.46. The molecular weight excluding hydrogens is 196 g/mol. The van der Waals surface area contributed by atoms with Gasteiger partial charge in [0.05, 0.1) is 0 Å². The molecule has 0 fully saturated rings. The summed E-state index contributed by atoms with van der Waals surface area (Å²) in [5.41, 5.74) is -0.662. The van der Waals surface area contributed by atoms with E-state index in [-0.39, 0.29) is 18.8 Å². The molecule has 0 radical (unpaired) electrons. The fraction of sp³-hybridized carbons (Fsp3) is 0.750. The van der Waals surface area contributed by atoms with Gasteiger partial charge in [-0.05, 0) is 12.8 Å². The first-order chi connectivity index (χ1) is 5.91. The topological polar surface area (TPSA) is 63.6 Å². The number of carboxylic acid groups (broad SMARTS) is 1. The van der Waals surface area contributed by atoms with Crippen LogP contribution in [0.2, 0.25) is 0 Å². The summed E-state index contributed by atoms with van der Waals surface area (Å²) in [6, 6.07) is 0. The molecule has 0 aliphatic carbocycles. The molecule has 13 heavy (non-hydrogen) atoms. The number of carboxylic acids is 1. The molecule has 0 heterocycles. The van der Waals surface area contributed by atoms with Crippen molar-refractivity contribution in [2.24, 2.45) is 5.92 Å². The Hall–Kier alpha value is -0.770. The van der Waals surface area contributed by atoms with E-state index in [2.05, 4.69) is 4.74 Å². The lowest BCUT2D eigenvalue weighted by molar-refractivity contribution is -0.146. The highest BCUT2D eigenvalue weighted by molar-refractivity contribution is 6.19. The SMILES string of the molecule is CC(CC(=O)O)CC(=O)OC(C)Cl. The summed E-state index contributed by atoms with van der Waals surface area (Å²) in [5, 5.41) is 8.40. The molecule has 0 aliphatic heterocycles. The third-order valence-corrected chi connectivity index (χ3v) is 1.42. The van der Waals surface area contributed by atoms with E-state index in [4.69, 9.17) is 16.7 Å². The van der Waals surface area contributed by atoms with E-state index in [1.54, 1.807) is 6.92 Å². The Balaban J connectivity index is 3.71. The van der Waals surface area contributed by atoms with Gasteiger partial charge in [0.15, 0.2) is 5.56 Å². The number of carbonyl (C=O) groups is 2. The molecule has 0 saturated heterocycles. The summed E-state index contributed by atoms with van der Waals surface area (Å²) >= 11 is 5.40. The minimum atomic E-state index is -0.917. The van der Waals surface area contributed by atoms with Gasteiger partial charge in [0, 0.05) is 12.8 Å². The van der Waals surface area contributed by atoms with Gasteiger partial charge in [0.1, 0.15) is 0 Å². The highest BCUT2D eigenvalue weighted by Gasteiger charge is 2.14. The minimum absolute atomic E-state index is 0.0359. The van der Waals surface area contributed by atoms with E-state index in [0.29, 0.717) is 0 Å². The second-order valence-electron chi connectivity index (χ2n) is 2.94. The Bertz CT molecular complexity index is 191. The van der Waals surface area contributed by atoms with E-state index in [0.717, 1.165) is 0 Å². The summed E-state index contributed by atoms with van der Waals surface area (Å²) < 4.78 is 4.64. The van der Waals surface area contributed by atoms with Gasteiger partial charge in [-0.3, -0.25) is 9.59 Å². The highest BCUT2D eigenvalue weighted by atomic mass is 35.5. The number of alkyl halides is 1. The third kappa shape index (κ3) is 7.59. The maximum atomic E-state index is 10.9. The van der Waals surface area contributed by atoms with Crippen molar-refractivity contribution in [1.29, 1.82) is 0 Å². The molecule has 0 aromatic heterocycles. The Labute approximate surface area is 81.8 Å². The minimum Gasteiger partial charge on any atom is -0.481 e. The predicted molar refractivity (Wildman–Crippen MR) is 47.4 cm³/mol. The van der Waals surface area contributed by atoms with E-state index in [1.807, 2.05) is 0 Å². The largest absolute Gasteiger partial charge is 0.481 e. The first-order valence-corrected chi connectivity index (χ1v) is 4.40. The van der Waals surface area contributed by atoms with E-state index in [9.17, 15) is 9.59 Å². The van der Waals surface area contributed by atoms with Crippen LogP contribution >= 0.6 is 11.6 Å². The zero-order chi connectivity index (χ0) is 10.4. The molecule has 0 aliphatic rings. The molecule has 0 saturated carbocycles. The van der Waals surface area contributed by atoms with Crippen LogP contribution in [-0.2, 0) is 14.3 Å². The molecule has 2 unspecified atom stereocenters. The average molecular weight is 209 g/mol. The quantitative estimate of drug-likeness (QED) is 0.551. The lowest BCUT2D eigenvalue weighted by atomic mass is 10.0. The predicted octanol–water partition coefficient (Wildman–Crippen LogP) is 1.62. The smallest absolute Gasteiger partial charge is 0.307 e. The standard InChI is InChI=1S/C8H13ClO4/c1-5(3-7(10)11)4-8(12)13-6(2)9/h5-6H,3-4H2,1-2H3,(H,10,11). The van der Waals surface area contributed by atoms with Crippen LogP contribution in [0, 0.1) is 5.92 Å². The molecule has 0 rings (SSSR count). The van der Waals surface area contributed by atoms with Crippen LogP contribution in [0.4, 0.5) is 0 Å². The molecule has 0 aromatic rings. The maximum Gasteiger partial charge on any atom is 0.307 e. The van der Waals surface area contributed by atoms with Crippen molar-refractivity contribution in [2.45, 2.75) is 32.3 Å². The van der Waals surface area contributed by atoms with Crippen molar-refractivity contribution in [3.8, 4) is 0 Å². The Morgan fingerprint density at radius 2 is 1.92 bits per heavy atom. The van der Waals surface area contributed by atoms with Gasteiger partial charge in [0.25, 0.3) is 0 Å². The number of halogens is 1. The summed E-state index contributed by atoms with van der Waals surface area (Å²) in [4.78, 5) is 21.2. The highest BCUT2D eigenvalue weighted by Crippen LogP contribution is 2.10. The van der Waals surface area contributed by atoms with Gasteiger partial charge in [-0.2, -0.15) is 0 Å². The first kappa shape index (κ1) is 12.2. The van der Waals surface area contributed by atoms with E-state index in [1.165, 1.54) is 6.92 Å². The van der Waals surface area contributed by atoms with Crippen LogP contribution in [0.25, 0.3) is 0 Å². The Morgan fingerprint density at radius 3 is 2.31 bits per heavy atom. The van der Waals surface area contributed by atoms with Gasteiger partial charge in [0.2, 0.25) is 0 Å². The number of rotatable bonds is 5. The number of hydrogen-bond acceptors (Lipinski definition) is 3. The zero-order valence-corrected chi connectivity index (χ0v) is 8.37. The second-order valence-corrected chi connectivity index (χ2v) is 3.55. The fourth-order valence-electron chi connectivity index (χ4n) is 0.884. The molecule has 5 heteroatoms. The molecule has 2 atom stereocenters. The van der Waals surface area contributed by atoms with E-state index < -0.39 is 17.5 Å². The van der Waals surface area contributed by atoms with Crippen molar-refractivity contribution in [3.63, 3.8) is 0 Å². The molecule has 76 valence electrons. The van der Waals surface area contributed by atoms with Crippen LogP contribution < -0.4 is 0 Å². The van der Waals surface area contributed by atoms with Crippen LogP contribution in [0.1, 0.15) is 26.7 Å². The first-order valence-electron chi connectivity index (χ1n) is 3.97. The maximum absolute atomic E-state index is 10.9. The second kappa shape index (κ2) is 5.80. The summed E-state index contributed by atoms with van der Waals surface area (Å²) in [5.74, 6) is -1.60. The number of carbonyl (C=O) groups excluding carboxylic acids is 1. The number of esters is 1. The molecule has 0 bridgehead atoms. The van der Waals surface area contributed by atoms with Crippen molar-refractivity contribution in [3.05, 3.63) is 0 Å². The average Bonchev–Trinajstić information content (AvgIpc) is 1.80. The molecule has 1 N–H and O–H groups in total. The fourth-order valence-corrected chi connectivity index (χ4v) is 0.983.